The lowest BCUT2D eigenvalue weighted by Gasteiger charge is -2.13. The Labute approximate surface area is 148 Å². The van der Waals surface area contributed by atoms with Crippen LogP contribution in [0, 0.1) is 0 Å². The number of hydrogen-bond donors (Lipinski definition) is 1. The van der Waals surface area contributed by atoms with E-state index >= 15 is 0 Å². The Morgan fingerprint density at radius 1 is 1.08 bits per heavy atom. The van der Waals surface area contributed by atoms with Gasteiger partial charge in [0.2, 0.25) is 0 Å². The van der Waals surface area contributed by atoms with E-state index in [2.05, 4.69) is 24.9 Å². The third kappa shape index (κ3) is 2.71. The first-order chi connectivity index (χ1) is 12.7. The van der Waals surface area contributed by atoms with Crippen molar-refractivity contribution in [2.24, 2.45) is 0 Å². The molecule has 3 heterocycles. The summed E-state index contributed by atoms with van der Waals surface area (Å²) in [6.07, 6.45) is 4.80. The molecule has 0 aliphatic rings. The van der Waals surface area contributed by atoms with Crippen molar-refractivity contribution in [1.29, 1.82) is 0 Å². The molecular weight excluding hydrogens is 332 g/mol. The Balaban J connectivity index is 1.83. The third-order valence-corrected chi connectivity index (χ3v) is 4.20. The molecule has 26 heavy (non-hydrogen) atoms. The highest BCUT2D eigenvalue weighted by Crippen LogP contribution is 2.22. The molecule has 0 fully saturated rings. The van der Waals surface area contributed by atoms with E-state index in [1.165, 1.54) is 7.11 Å². The van der Waals surface area contributed by atoms with Crippen molar-refractivity contribution >= 4 is 11.3 Å². The molecule has 4 aromatic rings. The quantitative estimate of drug-likeness (QED) is 0.607. The zero-order valence-corrected chi connectivity index (χ0v) is 14.2. The number of aromatic nitrogens is 6. The summed E-state index contributed by atoms with van der Waals surface area (Å²) in [5.41, 5.74) is 2.95. The summed E-state index contributed by atoms with van der Waals surface area (Å²) in [6.45, 7) is 1.95. The van der Waals surface area contributed by atoms with Gasteiger partial charge < -0.3 is 4.74 Å². The summed E-state index contributed by atoms with van der Waals surface area (Å²) in [7, 11) is 1.50. The van der Waals surface area contributed by atoms with Gasteiger partial charge in [0.05, 0.1) is 25.0 Å². The minimum Gasteiger partial charge on any atom is -0.467 e. The largest absolute Gasteiger partial charge is 0.467 e. The molecule has 0 unspecified atom stereocenters. The van der Waals surface area contributed by atoms with E-state index in [1.54, 1.807) is 23.2 Å². The molecule has 4 rings (SSSR count). The van der Waals surface area contributed by atoms with Crippen LogP contribution in [0.3, 0.4) is 0 Å². The van der Waals surface area contributed by atoms with Gasteiger partial charge in [0, 0.05) is 18.0 Å². The van der Waals surface area contributed by atoms with Crippen LogP contribution >= 0.6 is 0 Å². The number of fused-ring (bicyclic) bond motifs is 1. The van der Waals surface area contributed by atoms with Crippen LogP contribution in [0.2, 0.25) is 0 Å². The second-order valence-electron chi connectivity index (χ2n) is 5.77. The highest BCUT2D eigenvalue weighted by molar-refractivity contribution is 5.70. The first kappa shape index (κ1) is 15.9. The topological polar surface area (TPSA) is 98.6 Å². The van der Waals surface area contributed by atoms with Gasteiger partial charge in [-0.25, -0.2) is 24.7 Å². The number of nitrogens with zero attached hydrogens (tertiary/aromatic N) is 5. The number of aromatic amines is 1. The van der Waals surface area contributed by atoms with Gasteiger partial charge in [0.15, 0.2) is 11.3 Å². The third-order valence-electron chi connectivity index (χ3n) is 4.20. The Kier molecular flexibility index (Phi) is 3.92. The van der Waals surface area contributed by atoms with Crippen molar-refractivity contribution in [3.63, 3.8) is 0 Å². The minimum absolute atomic E-state index is 0.186. The van der Waals surface area contributed by atoms with Crippen molar-refractivity contribution in [3.8, 4) is 17.3 Å². The predicted octanol–water partition coefficient (Wildman–Crippen LogP) is 2.19. The van der Waals surface area contributed by atoms with Crippen LogP contribution in [-0.4, -0.2) is 36.6 Å². The molecule has 0 bridgehead atoms. The van der Waals surface area contributed by atoms with E-state index < -0.39 is 0 Å². The zero-order chi connectivity index (χ0) is 18.1. The fraction of sp³-hybridized carbons (Fsp3) is 0.167. The van der Waals surface area contributed by atoms with Crippen LogP contribution in [0.5, 0.6) is 6.01 Å². The van der Waals surface area contributed by atoms with Crippen LogP contribution in [0.1, 0.15) is 18.5 Å². The molecule has 1 aromatic carbocycles. The molecule has 0 radical (unpaired) electrons. The molecule has 8 heteroatoms. The van der Waals surface area contributed by atoms with Crippen LogP contribution in [-0.2, 0) is 0 Å². The van der Waals surface area contributed by atoms with Crippen LogP contribution in [0.25, 0.3) is 22.6 Å². The molecule has 0 aliphatic carbocycles. The fourth-order valence-corrected chi connectivity index (χ4v) is 2.83. The summed E-state index contributed by atoms with van der Waals surface area (Å²) in [5, 5.41) is 0. The number of nitrogens with one attached hydrogen (secondary N) is 1. The SMILES string of the molecule is COc1ncc(-c2cnc3[nH]c(=O)n([C@@H](C)c4ccccc4)c3n2)cn1. The minimum atomic E-state index is -0.250. The highest BCUT2D eigenvalue weighted by atomic mass is 16.5. The molecule has 0 amide bonds. The van der Waals surface area contributed by atoms with Crippen molar-refractivity contribution in [2.75, 3.05) is 7.11 Å². The number of ether oxygens (including phenoxy) is 1. The summed E-state index contributed by atoms with van der Waals surface area (Å²) in [5.74, 6) is 0. The van der Waals surface area contributed by atoms with E-state index in [-0.39, 0.29) is 17.7 Å². The van der Waals surface area contributed by atoms with Crippen LogP contribution in [0.4, 0.5) is 0 Å². The molecule has 0 saturated heterocycles. The maximum atomic E-state index is 12.5. The molecule has 1 N–H and O–H groups in total. The normalized spacial score (nSPS) is 12.2. The number of methoxy groups -OCH3 is 1. The molecule has 1 atom stereocenters. The number of rotatable bonds is 4. The van der Waals surface area contributed by atoms with E-state index in [4.69, 9.17) is 4.74 Å². The fourth-order valence-electron chi connectivity index (χ4n) is 2.83. The zero-order valence-electron chi connectivity index (χ0n) is 14.2. The maximum absolute atomic E-state index is 12.5. The highest BCUT2D eigenvalue weighted by Gasteiger charge is 2.17. The van der Waals surface area contributed by atoms with E-state index in [0.29, 0.717) is 22.6 Å². The summed E-state index contributed by atoms with van der Waals surface area (Å²) >= 11 is 0. The Bertz CT molecular complexity index is 1100. The molecule has 130 valence electrons. The van der Waals surface area contributed by atoms with Crippen LogP contribution in [0.15, 0.2) is 53.7 Å². The Morgan fingerprint density at radius 2 is 1.81 bits per heavy atom. The van der Waals surface area contributed by atoms with Gasteiger partial charge in [-0.2, -0.15) is 0 Å². The Morgan fingerprint density at radius 3 is 2.50 bits per heavy atom. The van der Waals surface area contributed by atoms with E-state index in [1.807, 2.05) is 37.3 Å². The van der Waals surface area contributed by atoms with Crippen molar-refractivity contribution in [1.82, 2.24) is 29.5 Å². The van der Waals surface area contributed by atoms with Gasteiger partial charge in [-0.1, -0.05) is 30.3 Å². The number of imidazole rings is 1. The van der Waals surface area contributed by atoms with Crippen molar-refractivity contribution in [2.45, 2.75) is 13.0 Å². The first-order valence-electron chi connectivity index (χ1n) is 8.06. The Hall–Kier alpha value is -3.55. The van der Waals surface area contributed by atoms with Gasteiger partial charge in [0.1, 0.15) is 0 Å². The monoisotopic (exact) mass is 348 g/mol. The molecular formula is C18H16N6O2. The smallest absolute Gasteiger partial charge is 0.329 e. The number of H-pyrrole nitrogens is 1. The lowest BCUT2D eigenvalue weighted by molar-refractivity contribution is 0.380. The number of hydrogen-bond acceptors (Lipinski definition) is 6. The van der Waals surface area contributed by atoms with Crippen molar-refractivity contribution < 1.29 is 4.74 Å². The van der Waals surface area contributed by atoms with Crippen molar-refractivity contribution in [3.05, 3.63) is 65.0 Å². The van der Waals surface area contributed by atoms with E-state index in [0.717, 1.165) is 5.56 Å². The summed E-state index contributed by atoms with van der Waals surface area (Å²) < 4.78 is 6.57. The van der Waals surface area contributed by atoms with Gasteiger partial charge in [-0.05, 0) is 12.5 Å². The molecule has 0 saturated carbocycles. The lowest BCUT2D eigenvalue weighted by Crippen LogP contribution is -2.21. The average Bonchev–Trinajstić information content (AvgIpc) is 3.03. The molecule has 0 aliphatic heterocycles. The predicted molar refractivity (Wildman–Crippen MR) is 96.0 cm³/mol. The average molecular weight is 348 g/mol. The van der Waals surface area contributed by atoms with Gasteiger partial charge in [-0.15, -0.1) is 0 Å². The lowest BCUT2D eigenvalue weighted by atomic mass is 10.1. The van der Waals surface area contributed by atoms with Gasteiger partial charge >= 0.3 is 11.7 Å². The maximum Gasteiger partial charge on any atom is 0.329 e. The van der Waals surface area contributed by atoms with Gasteiger partial charge in [-0.3, -0.25) is 9.55 Å². The molecule has 3 aromatic heterocycles. The molecule has 8 nitrogen and oxygen atoms in total. The standard InChI is InChI=1S/C18H16N6O2/c1-11(12-6-4-3-5-7-12)24-16-15(23-18(24)25)19-10-14(22-16)13-8-20-17(26-2)21-9-13/h3-11H,1-2H3,(H,19,23,25)/t11-/m0/s1. The van der Waals surface area contributed by atoms with Gasteiger partial charge in [0.25, 0.3) is 0 Å². The first-order valence-corrected chi connectivity index (χ1v) is 8.06. The second kappa shape index (κ2) is 6.40. The number of benzene rings is 1. The second-order valence-corrected chi connectivity index (χ2v) is 5.77. The van der Waals surface area contributed by atoms with Crippen LogP contribution < -0.4 is 10.4 Å². The molecule has 0 spiro atoms. The summed E-state index contributed by atoms with van der Waals surface area (Å²) in [6, 6.07) is 9.87. The summed E-state index contributed by atoms with van der Waals surface area (Å²) in [4.78, 5) is 32.3. The van der Waals surface area contributed by atoms with E-state index in [9.17, 15) is 4.79 Å².